The van der Waals surface area contributed by atoms with Crippen molar-refractivity contribution in [3.63, 3.8) is 0 Å². The molecule has 0 aliphatic carbocycles. The second-order valence-corrected chi connectivity index (χ2v) is 4.88. The third-order valence-electron chi connectivity index (χ3n) is 3.18. The predicted octanol–water partition coefficient (Wildman–Crippen LogP) is 3.35. The van der Waals surface area contributed by atoms with Gasteiger partial charge in [-0.3, -0.25) is 4.99 Å². The third-order valence-corrected chi connectivity index (χ3v) is 3.18. The Bertz CT molecular complexity index is 672. The van der Waals surface area contributed by atoms with E-state index in [1.165, 1.54) is 0 Å². The summed E-state index contributed by atoms with van der Waals surface area (Å²) in [6, 6.07) is 11.2. The molecule has 0 atom stereocenters. The molecule has 0 amide bonds. The second kappa shape index (κ2) is 11.3. The number of benzene rings is 1. The fourth-order valence-corrected chi connectivity index (χ4v) is 1.92. The molecule has 0 fully saturated rings. The van der Waals surface area contributed by atoms with Crippen molar-refractivity contribution in [2.24, 2.45) is 4.99 Å². The van der Waals surface area contributed by atoms with E-state index in [1.807, 2.05) is 36.4 Å². The summed E-state index contributed by atoms with van der Waals surface area (Å²) in [6.07, 6.45) is 3.55. The van der Waals surface area contributed by atoms with E-state index >= 15 is 0 Å². The van der Waals surface area contributed by atoms with Crippen molar-refractivity contribution in [3.8, 4) is 17.4 Å². The van der Waals surface area contributed by atoms with E-state index in [-0.39, 0.29) is 24.0 Å². The quantitative estimate of drug-likeness (QED) is 0.291. The Morgan fingerprint density at radius 1 is 1.16 bits per heavy atom. The zero-order valence-corrected chi connectivity index (χ0v) is 16.7. The van der Waals surface area contributed by atoms with Crippen LogP contribution in [0.15, 0.2) is 60.2 Å². The number of hydrogen-bond acceptors (Lipinski definition) is 4. The summed E-state index contributed by atoms with van der Waals surface area (Å²) in [6.45, 7) is 4.94. The van der Waals surface area contributed by atoms with Gasteiger partial charge >= 0.3 is 0 Å². The van der Waals surface area contributed by atoms with Crippen LogP contribution in [0.25, 0.3) is 0 Å². The number of ether oxygens (including phenoxy) is 2. The normalized spacial score (nSPS) is 10.4. The lowest BCUT2D eigenvalue weighted by Crippen LogP contribution is -2.36. The van der Waals surface area contributed by atoms with Crippen molar-refractivity contribution in [2.45, 2.75) is 6.54 Å². The standard InChI is InChI=1S/C18H22N4O2.HI/c1-4-11-20-18(19-2)22-13-14-5-10-17(21-12-14)24-16-8-6-15(23-3)7-9-16;/h4-10,12H,1,11,13H2,2-3H3,(H2,19,20,22);1H. The van der Waals surface area contributed by atoms with Gasteiger partial charge in [0.05, 0.1) is 7.11 Å². The highest BCUT2D eigenvalue weighted by molar-refractivity contribution is 14.0. The van der Waals surface area contributed by atoms with Crippen LogP contribution in [0.4, 0.5) is 0 Å². The van der Waals surface area contributed by atoms with E-state index in [4.69, 9.17) is 9.47 Å². The lowest BCUT2D eigenvalue weighted by atomic mass is 10.3. The summed E-state index contributed by atoms with van der Waals surface area (Å²) >= 11 is 0. The Kier molecular flexibility index (Phi) is 9.38. The summed E-state index contributed by atoms with van der Waals surface area (Å²) in [5.41, 5.74) is 1.03. The van der Waals surface area contributed by atoms with Crippen LogP contribution in [0.3, 0.4) is 0 Å². The summed E-state index contributed by atoms with van der Waals surface area (Å²) in [4.78, 5) is 8.43. The summed E-state index contributed by atoms with van der Waals surface area (Å²) in [7, 11) is 3.36. The number of aliphatic imine (C=N–C) groups is 1. The minimum Gasteiger partial charge on any atom is -0.497 e. The van der Waals surface area contributed by atoms with Crippen LogP contribution in [0.2, 0.25) is 0 Å². The molecule has 0 aliphatic rings. The van der Waals surface area contributed by atoms with Crippen LogP contribution in [-0.4, -0.2) is 31.6 Å². The van der Waals surface area contributed by atoms with Gasteiger partial charge in [0.25, 0.3) is 0 Å². The van der Waals surface area contributed by atoms with Gasteiger partial charge in [0.15, 0.2) is 5.96 Å². The number of nitrogens with one attached hydrogen (secondary N) is 2. The van der Waals surface area contributed by atoms with Gasteiger partial charge in [-0.15, -0.1) is 30.6 Å². The molecule has 1 aromatic heterocycles. The van der Waals surface area contributed by atoms with E-state index in [0.29, 0.717) is 30.7 Å². The first-order chi connectivity index (χ1) is 11.7. The number of halogens is 1. The van der Waals surface area contributed by atoms with Gasteiger partial charge in [-0.2, -0.15) is 0 Å². The highest BCUT2D eigenvalue weighted by Gasteiger charge is 2.01. The number of aromatic nitrogens is 1. The van der Waals surface area contributed by atoms with Crippen LogP contribution < -0.4 is 20.1 Å². The maximum absolute atomic E-state index is 5.70. The van der Waals surface area contributed by atoms with Crippen LogP contribution in [-0.2, 0) is 6.54 Å². The average molecular weight is 454 g/mol. The van der Waals surface area contributed by atoms with Gasteiger partial charge in [-0.05, 0) is 29.8 Å². The summed E-state index contributed by atoms with van der Waals surface area (Å²) < 4.78 is 10.8. The summed E-state index contributed by atoms with van der Waals surface area (Å²) in [5.74, 6) is 2.75. The molecular weight excluding hydrogens is 431 g/mol. The van der Waals surface area contributed by atoms with Crippen molar-refractivity contribution in [1.82, 2.24) is 15.6 Å². The van der Waals surface area contributed by atoms with Crippen molar-refractivity contribution in [1.29, 1.82) is 0 Å². The second-order valence-electron chi connectivity index (χ2n) is 4.88. The molecule has 0 saturated carbocycles. The zero-order valence-electron chi connectivity index (χ0n) is 14.4. The van der Waals surface area contributed by atoms with Crippen LogP contribution in [0.1, 0.15) is 5.56 Å². The minimum atomic E-state index is 0. The van der Waals surface area contributed by atoms with E-state index in [9.17, 15) is 0 Å². The lowest BCUT2D eigenvalue weighted by molar-refractivity contribution is 0.412. The first kappa shape index (κ1) is 20.8. The van der Waals surface area contributed by atoms with Crippen LogP contribution in [0, 0.1) is 0 Å². The third kappa shape index (κ3) is 7.00. The molecule has 2 aromatic rings. The van der Waals surface area contributed by atoms with Crippen LogP contribution >= 0.6 is 24.0 Å². The Morgan fingerprint density at radius 3 is 2.44 bits per heavy atom. The number of guanidine groups is 1. The Morgan fingerprint density at radius 2 is 1.88 bits per heavy atom. The molecule has 25 heavy (non-hydrogen) atoms. The minimum absolute atomic E-state index is 0. The fourth-order valence-electron chi connectivity index (χ4n) is 1.92. The predicted molar refractivity (Wildman–Crippen MR) is 111 cm³/mol. The maximum atomic E-state index is 5.70. The van der Waals surface area contributed by atoms with Gasteiger partial charge in [-0.25, -0.2) is 4.98 Å². The molecule has 0 unspecified atom stereocenters. The highest BCUT2D eigenvalue weighted by Crippen LogP contribution is 2.22. The zero-order chi connectivity index (χ0) is 17.2. The maximum Gasteiger partial charge on any atom is 0.219 e. The molecule has 1 aromatic carbocycles. The molecule has 134 valence electrons. The Labute approximate surface area is 165 Å². The van der Waals surface area contributed by atoms with Gasteiger partial charge in [0.2, 0.25) is 5.88 Å². The number of methoxy groups -OCH3 is 1. The molecule has 1 heterocycles. The van der Waals surface area contributed by atoms with Gasteiger partial charge < -0.3 is 20.1 Å². The molecule has 0 bridgehead atoms. The molecule has 0 radical (unpaired) electrons. The highest BCUT2D eigenvalue weighted by atomic mass is 127. The summed E-state index contributed by atoms with van der Waals surface area (Å²) in [5, 5.41) is 6.31. The molecule has 0 saturated heterocycles. The van der Waals surface area contributed by atoms with Gasteiger partial charge in [-0.1, -0.05) is 12.1 Å². The number of pyridine rings is 1. The van der Waals surface area contributed by atoms with E-state index in [0.717, 1.165) is 11.3 Å². The van der Waals surface area contributed by atoms with Crippen molar-refractivity contribution in [3.05, 3.63) is 60.8 Å². The molecular formula is C18H23IN4O2. The van der Waals surface area contributed by atoms with E-state index < -0.39 is 0 Å². The Balaban J connectivity index is 0.00000312. The van der Waals surface area contributed by atoms with Crippen molar-refractivity contribution in [2.75, 3.05) is 20.7 Å². The largest absolute Gasteiger partial charge is 0.497 e. The first-order valence-electron chi connectivity index (χ1n) is 7.57. The number of rotatable bonds is 7. The smallest absolute Gasteiger partial charge is 0.219 e. The molecule has 7 heteroatoms. The van der Waals surface area contributed by atoms with Crippen LogP contribution in [0.5, 0.6) is 17.4 Å². The average Bonchev–Trinajstić information content (AvgIpc) is 2.64. The molecule has 2 N–H and O–H groups in total. The van der Waals surface area contributed by atoms with E-state index in [2.05, 4.69) is 27.2 Å². The van der Waals surface area contributed by atoms with Crippen molar-refractivity contribution < 1.29 is 9.47 Å². The molecule has 6 nitrogen and oxygen atoms in total. The molecule has 0 spiro atoms. The molecule has 0 aliphatic heterocycles. The molecule has 2 rings (SSSR count). The Hall–Kier alpha value is -2.29. The number of nitrogens with zero attached hydrogens (tertiary/aromatic N) is 2. The first-order valence-corrected chi connectivity index (χ1v) is 7.57. The SMILES string of the molecule is C=CCNC(=NC)NCc1ccc(Oc2ccc(OC)cc2)nc1.I. The fraction of sp³-hybridized carbons (Fsp3) is 0.222. The lowest BCUT2D eigenvalue weighted by Gasteiger charge is -2.10. The van der Waals surface area contributed by atoms with E-state index in [1.54, 1.807) is 26.4 Å². The monoisotopic (exact) mass is 454 g/mol. The number of hydrogen-bond donors (Lipinski definition) is 2. The topological polar surface area (TPSA) is 67.8 Å². The van der Waals surface area contributed by atoms with Gasteiger partial charge in [0.1, 0.15) is 11.5 Å². The van der Waals surface area contributed by atoms with Crippen molar-refractivity contribution >= 4 is 29.9 Å². The van der Waals surface area contributed by atoms with Gasteiger partial charge in [0, 0.05) is 32.4 Å².